The van der Waals surface area contributed by atoms with E-state index in [-0.39, 0.29) is 12.2 Å². The van der Waals surface area contributed by atoms with Gasteiger partial charge in [0.1, 0.15) is 11.4 Å². The second kappa shape index (κ2) is 5.38. The summed E-state index contributed by atoms with van der Waals surface area (Å²) >= 11 is 3.31. The Kier molecular flexibility index (Phi) is 3.59. The maximum Gasteiger partial charge on any atom is 0.134 e. The van der Waals surface area contributed by atoms with Crippen LogP contribution in [0.15, 0.2) is 57.6 Å². The highest BCUT2D eigenvalue weighted by Crippen LogP contribution is 2.29. The predicted octanol–water partition coefficient (Wildman–Crippen LogP) is 4.61. The van der Waals surface area contributed by atoms with E-state index >= 15 is 0 Å². The maximum absolute atomic E-state index is 13.7. The van der Waals surface area contributed by atoms with E-state index in [1.165, 1.54) is 12.3 Å². The minimum atomic E-state index is -0.803. The lowest BCUT2D eigenvalue weighted by atomic mass is 10.0. The quantitative estimate of drug-likeness (QED) is 0.758. The van der Waals surface area contributed by atoms with Crippen LogP contribution in [0, 0.1) is 5.82 Å². The Morgan fingerprint density at radius 3 is 2.85 bits per heavy atom. The smallest absolute Gasteiger partial charge is 0.134 e. The number of furan rings is 1. The van der Waals surface area contributed by atoms with Gasteiger partial charge in [-0.25, -0.2) is 4.39 Å². The number of para-hydroxylation sites is 1. The molecule has 0 aliphatic heterocycles. The first kappa shape index (κ1) is 13.3. The molecule has 1 unspecified atom stereocenters. The fraction of sp³-hybridized carbons (Fsp3) is 0.125. The van der Waals surface area contributed by atoms with E-state index in [0.29, 0.717) is 11.1 Å². The summed E-state index contributed by atoms with van der Waals surface area (Å²) in [5.41, 5.74) is 1.87. The molecule has 1 heterocycles. The van der Waals surface area contributed by atoms with Gasteiger partial charge in [0.05, 0.1) is 12.4 Å². The van der Waals surface area contributed by atoms with Crippen LogP contribution in [0.25, 0.3) is 11.0 Å². The maximum atomic E-state index is 13.7. The number of halogens is 2. The minimum absolute atomic E-state index is 0.203. The molecule has 1 atom stereocenters. The van der Waals surface area contributed by atoms with Crippen LogP contribution in [-0.4, -0.2) is 5.11 Å². The van der Waals surface area contributed by atoms with Crippen molar-refractivity contribution >= 4 is 26.9 Å². The zero-order valence-corrected chi connectivity index (χ0v) is 12.1. The summed E-state index contributed by atoms with van der Waals surface area (Å²) in [5, 5.41) is 11.2. The largest absolute Gasteiger partial charge is 0.464 e. The summed E-state index contributed by atoms with van der Waals surface area (Å²) < 4.78 is 19.9. The summed E-state index contributed by atoms with van der Waals surface area (Å²) in [6.45, 7) is 0. The molecule has 3 aromatic rings. The second-order valence-corrected chi connectivity index (χ2v) is 5.56. The first-order valence-corrected chi connectivity index (χ1v) is 7.02. The molecule has 2 aromatic carbocycles. The van der Waals surface area contributed by atoms with E-state index in [0.717, 1.165) is 15.4 Å². The Bertz CT molecular complexity index is 751. The summed E-state index contributed by atoms with van der Waals surface area (Å²) in [4.78, 5) is 0. The average molecular weight is 335 g/mol. The molecule has 102 valence electrons. The van der Waals surface area contributed by atoms with Crippen molar-refractivity contribution in [3.8, 4) is 0 Å². The van der Waals surface area contributed by atoms with Gasteiger partial charge >= 0.3 is 0 Å². The number of fused-ring (bicyclic) bond motifs is 1. The van der Waals surface area contributed by atoms with Crippen LogP contribution in [0.5, 0.6) is 0 Å². The van der Waals surface area contributed by atoms with Crippen molar-refractivity contribution in [3.05, 3.63) is 70.1 Å². The first-order chi connectivity index (χ1) is 9.65. The molecule has 0 bridgehead atoms. The molecule has 0 amide bonds. The number of hydrogen-bond donors (Lipinski definition) is 1. The van der Waals surface area contributed by atoms with Gasteiger partial charge in [0.2, 0.25) is 0 Å². The van der Waals surface area contributed by atoms with E-state index in [4.69, 9.17) is 4.42 Å². The number of aliphatic hydroxyl groups is 1. The van der Waals surface area contributed by atoms with Gasteiger partial charge in [-0.15, -0.1) is 0 Å². The zero-order valence-electron chi connectivity index (χ0n) is 10.5. The van der Waals surface area contributed by atoms with Gasteiger partial charge in [-0.05, 0) is 29.8 Å². The molecule has 0 aliphatic carbocycles. The number of hydrogen-bond acceptors (Lipinski definition) is 2. The van der Waals surface area contributed by atoms with Crippen LogP contribution >= 0.6 is 15.9 Å². The Morgan fingerprint density at radius 1 is 1.20 bits per heavy atom. The van der Waals surface area contributed by atoms with E-state index in [2.05, 4.69) is 15.9 Å². The Labute approximate surface area is 124 Å². The predicted molar refractivity (Wildman–Crippen MR) is 79.0 cm³/mol. The monoisotopic (exact) mass is 334 g/mol. The third kappa shape index (κ3) is 2.49. The molecule has 3 rings (SSSR count). The van der Waals surface area contributed by atoms with Crippen LogP contribution in [0.2, 0.25) is 0 Å². The Hall–Kier alpha value is -1.65. The van der Waals surface area contributed by atoms with Crippen molar-refractivity contribution in [1.82, 2.24) is 0 Å². The van der Waals surface area contributed by atoms with Crippen molar-refractivity contribution in [2.75, 3.05) is 0 Å². The minimum Gasteiger partial charge on any atom is -0.464 e. The molecule has 0 saturated carbocycles. The molecule has 2 nitrogen and oxygen atoms in total. The lowest BCUT2D eigenvalue weighted by molar-refractivity contribution is 0.177. The van der Waals surface area contributed by atoms with Crippen LogP contribution in [0.1, 0.15) is 17.2 Å². The van der Waals surface area contributed by atoms with E-state index in [9.17, 15) is 9.50 Å². The van der Waals surface area contributed by atoms with E-state index < -0.39 is 6.10 Å². The fourth-order valence-corrected chi connectivity index (χ4v) is 2.68. The molecule has 0 radical (unpaired) electrons. The van der Waals surface area contributed by atoms with Gasteiger partial charge in [0, 0.05) is 21.8 Å². The van der Waals surface area contributed by atoms with Crippen molar-refractivity contribution in [2.45, 2.75) is 12.5 Å². The van der Waals surface area contributed by atoms with Crippen LogP contribution < -0.4 is 0 Å². The third-order valence-electron chi connectivity index (χ3n) is 3.29. The lowest BCUT2D eigenvalue weighted by Crippen LogP contribution is -2.03. The summed E-state index contributed by atoms with van der Waals surface area (Å²) in [6.07, 6.45) is 0.933. The molecule has 20 heavy (non-hydrogen) atoms. The molecule has 0 spiro atoms. The van der Waals surface area contributed by atoms with Crippen LogP contribution in [-0.2, 0) is 6.42 Å². The summed E-state index contributed by atoms with van der Waals surface area (Å²) in [5.74, 6) is -0.319. The zero-order chi connectivity index (χ0) is 14.1. The molecule has 4 heteroatoms. The summed E-state index contributed by atoms with van der Waals surface area (Å²) in [7, 11) is 0. The highest BCUT2D eigenvalue weighted by atomic mass is 79.9. The van der Waals surface area contributed by atoms with Gasteiger partial charge in [-0.3, -0.25) is 0 Å². The van der Waals surface area contributed by atoms with Gasteiger partial charge in [-0.1, -0.05) is 34.1 Å². The lowest BCUT2D eigenvalue weighted by Gasteiger charge is -2.10. The van der Waals surface area contributed by atoms with Gasteiger partial charge in [0.15, 0.2) is 0 Å². The van der Waals surface area contributed by atoms with Crippen molar-refractivity contribution < 1.29 is 13.9 Å². The molecular formula is C16H12BrFO2. The molecule has 0 fully saturated rings. The molecule has 0 saturated heterocycles. The van der Waals surface area contributed by atoms with Crippen molar-refractivity contribution in [3.63, 3.8) is 0 Å². The van der Waals surface area contributed by atoms with Gasteiger partial charge in [-0.2, -0.15) is 0 Å². The normalized spacial score (nSPS) is 12.8. The van der Waals surface area contributed by atoms with Crippen LogP contribution in [0.4, 0.5) is 4.39 Å². The molecule has 1 N–H and O–H groups in total. The van der Waals surface area contributed by atoms with Crippen molar-refractivity contribution in [1.29, 1.82) is 0 Å². The third-order valence-corrected chi connectivity index (χ3v) is 3.78. The molecule has 1 aromatic heterocycles. The van der Waals surface area contributed by atoms with Crippen LogP contribution in [0.3, 0.4) is 0 Å². The highest BCUT2D eigenvalue weighted by Gasteiger charge is 2.16. The van der Waals surface area contributed by atoms with E-state index in [1.807, 2.05) is 24.3 Å². The average Bonchev–Trinajstić information content (AvgIpc) is 2.87. The number of benzene rings is 2. The Morgan fingerprint density at radius 2 is 2.00 bits per heavy atom. The molecule has 0 aliphatic rings. The topological polar surface area (TPSA) is 33.4 Å². The number of aliphatic hydroxyl groups excluding tert-OH is 1. The SMILES string of the molecule is OC(Cc1cc(Br)ccc1F)c1coc2ccccc12. The van der Waals surface area contributed by atoms with E-state index in [1.54, 1.807) is 12.1 Å². The van der Waals surface area contributed by atoms with Gasteiger partial charge < -0.3 is 9.52 Å². The van der Waals surface area contributed by atoms with Crippen molar-refractivity contribution in [2.24, 2.45) is 0 Å². The summed E-state index contributed by atoms with van der Waals surface area (Å²) in [6, 6.07) is 12.2. The highest BCUT2D eigenvalue weighted by molar-refractivity contribution is 9.10. The van der Waals surface area contributed by atoms with Gasteiger partial charge in [0.25, 0.3) is 0 Å². The fourth-order valence-electron chi connectivity index (χ4n) is 2.27. The molecular weight excluding hydrogens is 323 g/mol. The number of rotatable bonds is 3. The second-order valence-electron chi connectivity index (χ2n) is 4.64. The Balaban J connectivity index is 1.93. The standard InChI is InChI=1S/C16H12BrFO2/c17-11-5-6-14(18)10(7-11)8-15(19)13-9-20-16-4-2-1-3-12(13)16/h1-7,9,15,19H,8H2. The first-order valence-electron chi connectivity index (χ1n) is 6.23.